The van der Waals surface area contributed by atoms with E-state index in [4.69, 9.17) is 10.00 Å². The standard InChI is InChI=1S/C22H23N5O2S/c1-3-26(15-7-14-23)20(28)16-30-22-25-24-21(17-8-5-4-6-9-17)27(22)18-10-12-19(29-2)13-11-18/h4-6,8-13H,3,7,15-16H2,1-2H3. The first-order valence-corrected chi connectivity index (χ1v) is 10.6. The smallest absolute Gasteiger partial charge is 0.233 e. The number of carbonyl (C=O) groups is 1. The number of nitriles is 1. The summed E-state index contributed by atoms with van der Waals surface area (Å²) in [5.41, 5.74) is 1.81. The van der Waals surface area contributed by atoms with Gasteiger partial charge in [0.25, 0.3) is 0 Å². The van der Waals surface area contributed by atoms with Crippen LogP contribution in [0, 0.1) is 11.3 Å². The zero-order valence-corrected chi connectivity index (χ0v) is 17.8. The minimum atomic E-state index is -0.0247. The molecule has 0 bridgehead atoms. The van der Waals surface area contributed by atoms with Crippen LogP contribution in [0.15, 0.2) is 59.8 Å². The highest BCUT2D eigenvalue weighted by atomic mass is 32.2. The van der Waals surface area contributed by atoms with Crippen LogP contribution in [-0.2, 0) is 4.79 Å². The maximum atomic E-state index is 12.6. The number of methoxy groups -OCH3 is 1. The average Bonchev–Trinajstić information content (AvgIpc) is 3.22. The lowest BCUT2D eigenvalue weighted by Crippen LogP contribution is -2.33. The van der Waals surface area contributed by atoms with Gasteiger partial charge in [0, 0.05) is 24.3 Å². The summed E-state index contributed by atoms with van der Waals surface area (Å²) in [6.45, 7) is 2.92. The van der Waals surface area contributed by atoms with E-state index in [1.54, 1.807) is 12.0 Å². The molecule has 3 aromatic rings. The van der Waals surface area contributed by atoms with Crippen LogP contribution >= 0.6 is 11.8 Å². The van der Waals surface area contributed by atoms with Crippen molar-refractivity contribution in [2.24, 2.45) is 0 Å². The van der Waals surface area contributed by atoms with Crippen LogP contribution in [0.4, 0.5) is 0 Å². The molecule has 0 saturated carbocycles. The quantitative estimate of drug-likeness (QED) is 0.489. The molecule has 0 aliphatic rings. The summed E-state index contributed by atoms with van der Waals surface area (Å²) < 4.78 is 7.21. The van der Waals surface area contributed by atoms with E-state index >= 15 is 0 Å². The number of nitrogens with zero attached hydrogens (tertiary/aromatic N) is 5. The van der Waals surface area contributed by atoms with E-state index < -0.39 is 0 Å². The lowest BCUT2D eigenvalue weighted by atomic mass is 10.2. The van der Waals surface area contributed by atoms with E-state index in [1.807, 2.05) is 66.1 Å². The topological polar surface area (TPSA) is 84.0 Å². The van der Waals surface area contributed by atoms with Gasteiger partial charge in [0.1, 0.15) is 5.75 Å². The van der Waals surface area contributed by atoms with Crippen molar-refractivity contribution in [1.82, 2.24) is 19.7 Å². The van der Waals surface area contributed by atoms with Crippen LogP contribution < -0.4 is 4.74 Å². The van der Waals surface area contributed by atoms with Crippen LogP contribution in [0.1, 0.15) is 13.3 Å². The SMILES string of the molecule is CCN(CCC#N)C(=O)CSc1nnc(-c2ccccc2)n1-c1ccc(OC)cc1. The molecule has 0 atom stereocenters. The molecule has 0 aliphatic heterocycles. The molecule has 2 aromatic carbocycles. The minimum Gasteiger partial charge on any atom is -0.497 e. The number of ether oxygens (including phenoxy) is 1. The van der Waals surface area contributed by atoms with Crippen molar-refractivity contribution in [2.75, 3.05) is 26.0 Å². The Kier molecular flexibility index (Phi) is 7.46. The van der Waals surface area contributed by atoms with Crippen LogP contribution in [0.25, 0.3) is 17.1 Å². The van der Waals surface area contributed by atoms with E-state index in [-0.39, 0.29) is 11.7 Å². The first kappa shape index (κ1) is 21.4. The van der Waals surface area contributed by atoms with E-state index in [9.17, 15) is 4.79 Å². The summed E-state index contributed by atoms with van der Waals surface area (Å²) in [5, 5.41) is 18.2. The maximum Gasteiger partial charge on any atom is 0.233 e. The predicted molar refractivity (Wildman–Crippen MR) is 117 cm³/mol. The molecular formula is C22H23N5O2S. The number of rotatable bonds is 9. The average molecular weight is 422 g/mol. The van der Waals surface area contributed by atoms with Crippen molar-refractivity contribution < 1.29 is 9.53 Å². The van der Waals surface area contributed by atoms with Gasteiger partial charge in [-0.1, -0.05) is 42.1 Å². The molecule has 0 aliphatic carbocycles. The van der Waals surface area contributed by atoms with E-state index in [2.05, 4.69) is 16.3 Å². The van der Waals surface area contributed by atoms with E-state index in [0.717, 1.165) is 17.0 Å². The number of carbonyl (C=O) groups excluding carboxylic acids is 1. The van der Waals surface area contributed by atoms with Gasteiger partial charge in [0.05, 0.1) is 25.4 Å². The van der Waals surface area contributed by atoms with Crippen LogP contribution in [0.5, 0.6) is 5.75 Å². The molecule has 154 valence electrons. The lowest BCUT2D eigenvalue weighted by Gasteiger charge is -2.19. The Bertz CT molecular complexity index is 1010. The number of aromatic nitrogens is 3. The van der Waals surface area contributed by atoms with Gasteiger partial charge < -0.3 is 9.64 Å². The first-order chi connectivity index (χ1) is 14.7. The molecule has 0 saturated heterocycles. The minimum absolute atomic E-state index is 0.0247. The first-order valence-electron chi connectivity index (χ1n) is 9.60. The van der Waals surface area contributed by atoms with Crippen molar-refractivity contribution in [3.05, 3.63) is 54.6 Å². The molecule has 0 fully saturated rings. The Morgan fingerprint density at radius 1 is 1.17 bits per heavy atom. The molecule has 0 N–H and O–H groups in total. The summed E-state index contributed by atoms with van der Waals surface area (Å²) in [5.74, 6) is 1.66. The zero-order chi connectivity index (χ0) is 21.3. The Labute approximate surface area is 180 Å². The fraction of sp³-hybridized carbons (Fsp3) is 0.273. The number of benzene rings is 2. The maximum absolute atomic E-state index is 12.6. The van der Waals surface area contributed by atoms with E-state index in [0.29, 0.717) is 30.5 Å². The fourth-order valence-corrected chi connectivity index (χ4v) is 3.82. The van der Waals surface area contributed by atoms with Gasteiger partial charge in [-0.05, 0) is 31.2 Å². The highest BCUT2D eigenvalue weighted by molar-refractivity contribution is 7.99. The second-order valence-corrected chi connectivity index (χ2v) is 7.32. The van der Waals surface area contributed by atoms with Gasteiger partial charge in [-0.25, -0.2) is 0 Å². The second-order valence-electron chi connectivity index (χ2n) is 6.38. The van der Waals surface area contributed by atoms with Crippen molar-refractivity contribution in [1.29, 1.82) is 5.26 Å². The Morgan fingerprint density at radius 2 is 1.90 bits per heavy atom. The molecule has 0 unspecified atom stereocenters. The number of thioether (sulfide) groups is 1. The third-order valence-electron chi connectivity index (χ3n) is 4.55. The van der Waals surface area contributed by atoms with Crippen molar-refractivity contribution in [3.63, 3.8) is 0 Å². The van der Waals surface area contributed by atoms with Gasteiger partial charge in [-0.2, -0.15) is 5.26 Å². The van der Waals surface area contributed by atoms with Crippen LogP contribution in [0.2, 0.25) is 0 Å². The summed E-state index contributed by atoms with van der Waals surface area (Å²) >= 11 is 1.34. The number of amides is 1. The Balaban J connectivity index is 1.90. The molecule has 0 radical (unpaired) electrons. The summed E-state index contributed by atoms with van der Waals surface area (Å²) in [7, 11) is 1.63. The largest absolute Gasteiger partial charge is 0.497 e. The van der Waals surface area contributed by atoms with Crippen molar-refractivity contribution >= 4 is 17.7 Å². The van der Waals surface area contributed by atoms with Crippen molar-refractivity contribution in [3.8, 4) is 28.9 Å². The summed E-state index contributed by atoms with van der Waals surface area (Å²) in [4.78, 5) is 14.3. The molecule has 1 heterocycles. The molecule has 7 nitrogen and oxygen atoms in total. The van der Waals surface area contributed by atoms with Gasteiger partial charge in [-0.3, -0.25) is 9.36 Å². The number of hydrogen-bond donors (Lipinski definition) is 0. The number of hydrogen-bond acceptors (Lipinski definition) is 6. The summed E-state index contributed by atoms with van der Waals surface area (Å²) in [6, 6.07) is 19.5. The molecule has 1 amide bonds. The fourth-order valence-electron chi connectivity index (χ4n) is 2.96. The molecular weight excluding hydrogens is 398 g/mol. The zero-order valence-electron chi connectivity index (χ0n) is 17.0. The molecule has 30 heavy (non-hydrogen) atoms. The van der Waals surface area contributed by atoms with Gasteiger partial charge in [0.2, 0.25) is 5.91 Å². The van der Waals surface area contributed by atoms with Crippen LogP contribution in [-0.4, -0.2) is 51.5 Å². The predicted octanol–water partition coefficient (Wildman–Crippen LogP) is 3.80. The van der Waals surface area contributed by atoms with Crippen LogP contribution in [0.3, 0.4) is 0 Å². The van der Waals surface area contributed by atoms with E-state index in [1.165, 1.54) is 11.8 Å². The molecule has 1 aromatic heterocycles. The van der Waals surface area contributed by atoms with Gasteiger partial charge >= 0.3 is 0 Å². The molecule has 0 spiro atoms. The Hall–Kier alpha value is -3.31. The second kappa shape index (κ2) is 10.5. The highest BCUT2D eigenvalue weighted by Crippen LogP contribution is 2.29. The molecule has 3 rings (SSSR count). The molecule has 8 heteroatoms. The highest BCUT2D eigenvalue weighted by Gasteiger charge is 2.19. The van der Waals surface area contributed by atoms with Gasteiger partial charge in [-0.15, -0.1) is 10.2 Å². The third-order valence-corrected chi connectivity index (χ3v) is 5.46. The van der Waals surface area contributed by atoms with Gasteiger partial charge in [0.15, 0.2) is 11.0 Å². The summed E-state index contributed by atoms with van der Waals surface area (Å²) in [6.07, 6.45) is 0.324. The monoisotopic (exact) mass is 421 g/mol. The Morgan fingerprint density at radius 3 is 2.53 bits per heavy atom. The normalized spacial score (nSPS) is 10.4. The third kappa shape index (κ3) is 4.99. The van der Waals surface area contributed by atoms with Crippen molar-refractivity contribution in [2.45, 2.75) is 18.5 Å². The lowest BCUT2D eigenvalue weighted by molar-refractivity contribution is -0.128.